The summed E-state index contributed by atoms with van der Waals surface area (Å²) in [6.07, 6.45) is 11.5. The van der Waals surface area contributed by atoms with Crippen LogP contribution in [0.3, 0.4) is 0 Å². The van der Waals surface area contributed by atoms with Crippen LogP contribution in [-0.2, 0) is 6.54 Å². The molecule has 0 saturated carbocycles. The summed E-state index contributed by atoms with van der Waals surface area (Å²) in [4.78, 5) is 11.7. The van der Waals surface area contributed by atoms with Gasteiger partial charge in [0.2, 0.25) is 0 Å². The van der Waals surface area contributed by atoms with Crippen molar-refractivity contribution < 1.29 is 0 Å². The van der Waals surface area contributed by atoms with Crippen molar-refractivity contribution in [2.24, 2.45) is 5.92 Å². The summed E-state index contributed by atoms with van der Waals surface area (Å²) in [5.41, 5.74) is 7.64. The number of fused-ring (bicyclic) bond motifs is 2. The van der Waals surface area contributed by atoms with Crippen LogP contribution < -0.4 is 0 Å². The number of aryl methyl sites for hydroxylation is 2. The normalized spacial score (nSPS) is 19.5. The fourth-order valence-corrected chi connectivity index (χ4v) is 5.38. The molecule has 0 radical (unpaired) electrons. The zero-order chi connectivity index (χ0) is 21.4. The first-order valence-corrected chi connectivity index (χ1v) is 11.6. The zero-order valence-electron chi connectivity index (χ0n) is 18.3. The SMILES string of the molecule is Cc1cncn1CCC1=Cc2cccnc2C(C2CCN(C)CC2)c2ccc(Cl)cc21. The van der Waals surface area contributed by atoms with E-state index >= 15 is 0 Å². The van der Waals surface area contributed by atoms with E-state index in [9.17, 15) is 0 Å². The lowest BCUT2D eigenvalue weighted by Gasteiger charge is -2.35. The van der Waals surface area contributed by atoms with Crippen molar-refractivity contribution in [2.45, 2.75) is 38.6 Å². The number of allylic oxidation sites excluding steroid dienone is 1. The molecular weight excluding hydrogens is 404 g/mol. The van der Waals surface area contributed by atoms with E-state index in [1.807, 2.05) is 24.8 Å². The van der Waals surface area contributed by atoms with Gasteiger partial charge in [0.05, 0.1) is 12.0 Å². The predicted octanol–water partition coefficient (Wildman–Crippen LogP) is 5.66. The zero-order valence-corrected chi connectivity index (χ0v) is 19.0. The van der Waals surface area contributed by atoms with Crippen molar-refractivity contribution in [1.29, 1.82) is 0 Å². The Balaban J connectivity index is 1.60. The van der Waals surface area contributed by atoms with Gasteiger partial charge in [-0.15, -0.1) is 0 Å². The maximum Gasteiger partial charge on any atom is 0.0948 e. The van der Waals surface area contributed by atoms with Crippen LogP contribution in [0.4, 0.5) is 0 Å². The summed E-state index contributed by atoms with van der Waals surface area (Å²) in [5, 5.41) is 0.796. The van der Waals surface area contributed by atoms with Crippen LogP contribution in [0.1, 0.15) is 53.3 Å². The Labute approximate surface area is 189 Å². The van der Waals surface area contributed by atoms with Gasteiger partial charge < -0.3 is 9.47 Å². The molecule has 2 aromatic heterocycles. The van der Waals surface area contributed by atoms with Crippen molar-refractivity contribution in [3.8, 4) is 0 Å². The number of rotatable bonds is 4. The smallest absolute Gasteiger partial charge is 0.0948 e. The first kappa shape index (κ1) is 20.5. The van der Waals surface area contributed by atoms with E-state index in [0.717, 1.165) is 31.1 Å². The van der Waals surface area contributed by atoms with Gasteiger partial charge in [-0.25, -0.2) is 4.98 Å². The molecule has 4 nitrogen and oxygen atoms in total. The van der Waals surface area contributed by atoms with Gasteiger partial charge in [-0.05, 0) is 98.8 Å². The summed E-state index contributed by atoms with van der Waals surface area (Å²) in [6.45, 7) is 5.30. The molecule has 3 heterocycles. The van der Waals surface area contributed by atoms with Gasteiger partial charge in [-0.2, -0.15) is 0 Å². The van der Waals surface area contributed by atoms with Crippen LogP contribution in [-0.4, -0.2) is 39.6 Å². The predicted molar refractivity (Wildman–Crippen MR) is 127 cm³/mol. The average Bonchev–Trinajstić information content (AvgIpc) is 3.13. The van der Waals surface area contributed by atoms with Gasteiger partial charge in [0, 0.05) is 35.6 Å². The highest BCUT2D eigenvalue weighted by Gasteiger charge is 2.33. The number of halogens is 1. The highest BCUT2D eigenvalue weighted by molar-refractivity contribution is 6.30. The second-order valence-electron chi connectivity index (χ2n) is 8.98. The lowest BCUT2D eigenvalue weighted by Crippen LogP contribution is -2.33. The molecule has 31 heavy (non-hydrogen) atoms. The molecule has 0 amide bonds. The van der Waals surface area contributed by atoms with Gasteiger partial charge in [-0.1, -0.05) is 23.7 Å². The number of imidazole rings is 1. The van der Waals surface area contributed by atoms with Crippen molar-refractivity contribution >= 4 is 23.3 Å². The lowest BCUT2D eigenvalue weighted by atomic mass is 9.76. The molecule has 0 bridgehead atoms. The van der Waals surface area contributed by atoms with Crippen LogP contribution >= 0.6 is 11.6 Å². The molecule has 1 atom stereocenters. The molecule has 5 rings (SSSR count). The van der Waals surface area contributed by atoms with E-state index in [0.29, 0.717) is 11.8 Å². The molecule has 2 aliphatic rings. The Morgan fingerprint density at radius 3 is 2.77 bits per heavy atom. The molecule has 0 N–H and O–H groups in total. The maximum absolute atomic E-state index is 6.52. The molecule has 5 heteroatoms. The monoisotopic (exact) mass is 432 g/mol. The van der Waals surface area contributed by atoms with Crippen LogP contribution in [0.25, 0.3) is 11.6 Å². The van der Waals surface area contributed by atoms with E-state index in [4.69, 9.17) is 16.6 Å². The first-order chi connectivity index (χ1) is 15.1. The average molecular weight is 433 g/mol. The molecule has 3 aromatic rings. The van der Waals surface area contributed by atoms with E-state index in [1.54, 1.807) is 0 Å². The standard InChI is InChI=1S/C26H29ClN4/c1-18-16-28-17-31(18)13-9-20-14-21-4-3-10-29-26(21)25(19-7-11-30(2)12-8-19)23-6-5-22(27)15-24(20)23/h3-6,10,14-17,19,25H,7-9,11-13H2,1-2H3. The van der Waals surface area contributed by atoms with Crippen molar-refractivity contribution in [3.05, 3.63) is 82.2 Å². The van der Waals surface area contributed by atoms with Gasteiger partial charge in [0.15, 0.2) is 0 Å². The van der Waals surface area contributed by atoms with Crippen molar-refractivity contribution in [1.82, 2.24) is 19.4 Å². The molecule has 1 aromatic carbocycles. The number of aromatic nitrogens is 3. The number of hydrogen-bond acceptors (Lipinski definition) is 3. The third kappa shape index (κ3) is 4.07. The molecule has 1 aliphatic heterocycles. The molecule has 1 fully saturated rings. The molecular formula is C26H29ClN4. The van der Waals surface area contributed by atoms with Crippen LogP contribution in [0.15, 0.2) is 49.1 Å². The number of hydrogen-bond donors (Lipinski definition) is 0. The minimum atomic E-state index is 0.306. The topological polar surface area (TPSA) is 34.0 Å². The lowest BCUT2D eigenvalue weighted by molar-refractivity contribution is 0.206. The maximum atomic E-state index is 6.52. The van der Waals surface area contributed by atoms with Crippen LogP contribution in [0, 0.1) is 12.8 Å². The number of pyridine rings is 1. The second kappa shape index (κ2) is 8.60. The fraction of sp³-hybridized carbons (Fsp3) is 0.385. The molecule has 160 valence electrons. The van der Waals surface area contributed by atoms with Crippen molar-refractivity contribution in [3.63, 3.8) is 0 Å². The summed E-state index contributed by atoms with van der Waals surface area (Å²) < 4.78 is 2.22. The third-order valence-corrected chi connectivity index (χ3v) is 7.20. The Hall–Kier alpha value is -2.43. The highest BCUT2D eigenvalue weighted by Crippen LogP contribution is 2.45. The van der Waals surface area contributed by atoms with E-state index in [1.165, 1.54) is 46.5 Å². The second-order valence-corrected chi connectivity index (χ2v) is 9.41. The number of likely N-dealkylation sites (tertiary alicyclic amines) is 1. The summed E-state index contributed by atoms with van der Waals surface area (Å²) in [7, 11) is 2.22. The van der Waals surface area contributed by atoms with E-state index in [-0.39, 0.29) is 0 Å². The Kier molecular flexibility index (Phi) is 5.68. The van der Waals surface area contributed by atoms with Crippen LogP contribution in [0.2, 0.25) is 5.02 Å². The Morgan fingerprint density at radius 2 is 2.00 bits per heavy atom. The first-order valence-electron chi connectivity index (χ1n) is 11.2. The Morgan fingerprint density at radius 1 is 1.16 bits per heavy atom. The molecule has 0 spiro atoms. The van der Waals surface area contributed by atoms with Gasteiger partial charge >= 0.3 is 0 Å². The summed E-state index contributed by atoms with van der Waals surface area (Å²) in [6, 6.07) is 10.7. The fourth-order valence-electron chi connectivity index (χ4n) is 5.21. The summed E-state index contributed by atoms with van der Waals surface area (Å²) >= 11 is 6.52. The van der Waals surface area contributed by atoms with Crippen molar-refractivity contribution in [2.75, 3.05) is 20.1 Å². The van der Waals surface area contributed by atoms with Gasteiger partial charge in [0.25, 0.3) is 0 Å². The van der Waals surface area contributed by atoms with E-state index < -0.39 is 0 Å². The third-order valence-electron chi connectivity index (χ3n) is 6.97. The molecule has 1 aliphatic carbocycles. The number of nitrogens with zero attached hydrogens (tertiary/aromatic N) is 4. The van der Waals surface area contributed by atoms with Gasteiger partial charge in [0.1, 0.15) is 0 Å². The molecule has 1 unspecified atom stereocenters. The van der Waals surface area contributed by atoms with Crippen LogP contribution in [0.5, 0.6) is 0 Å². The summed E-state index contributed by atoms with van der Waals surface area (Å²) in [5.74, 6) is 0.898. The van der Waals surface area contributed by atoms with Gasteiger partial charge in [-0.3, -0.25) is 4.98 Å². The quantitative estimate of drug-likeness (QED) is 0.533. The highest BCUT2D eigenvalue weighted by atomic mass is 35.5. The minimum Gasteiger partial charge on any atom is -0.335 e. The van der Waals surface area contributed by atoms with E-state index in [2.05, 4.69) is 58.8 Å². The minimum absolute atomic E-state index is 0.306. The molecule has 1 saturated heterocycles. The number of piperidine rings is 1. The largest absolute Gasteiger partial charge is 0.335 e. The number of benzene rings is 1. The Bertz CT molecular complexity index is 1110.